The highest BCUT2D eigenvalue weighted by atomic mass is 16.4. The number of aryl methyl sites for hydroxylation is 1. The van der Waals surface area contributed by atoms with Crippen molar-refractivity contribution in [2.24, 2.45) is 0 Å². The fraction of sp³-hybridized carbons (Fsp3) is 0.167. The van der Waals surface area contributed by atoms with Crippen LogP contribution < -0.4 is 0 Å². The Balaban J connectivity index is 3.59. The SMILES string of the molecule is Cc1ccc(C(C=O)(C=O)C=O)c(C(=O)O)c1. The second-order valence-electron chi connectivity index (χ2n) is 3.64. The van der Waals surface area contributed by atoms with Gasteiger partial charge in [0, 0.05) is 0 Å². The van der Waals surface area contributed by atoms with Gasteiger partial charge in [-0.15, -0.1) is 0 Å². The van der Waals surface area contributed by atoms with Gasteiger partial charge >= 0.3 is 5.97 Å². The number of hydrogen-bond acceptors (Lipinski definition) is 4. The first kappa shape index (κ1) is 12.8. The van der Waals surface area contributed by atoms with Gasteiger partial charge in [0.05, 0.1) is 5.56 Å². The van der Waals surface area contributed by atoms with E-state index in [1.807, 2.05) is 0 Å². The molecule has 0 bridgehead atoms. The highest BCUT2D eigenvalue weighted by Crippen LogP contribution is 2.23. The van der Waals surface area contributed by atoms with E-state index >= 15 is 0 Å². The Morgan fingerprint density at radius 3 is 2.12 bits per heavy atom. The van der Waals surface area contributed by atoms with Crippen LogP contribution in [0.1, 0.15) is 21.5 Å². The Bertz CT molecular complexity index is 468. The molecular weight excluding hydrogens is 224 g/mol. The monoisotopic (exact) mass is 234 g/mol. The van der Waals surface area contributed by atoms with E-state index in [1.54, 1.807) is 6.92 Å². The summed E-state index contributed by atoms with van der Waals surface area (Å²) in [7, 11) is 0. The normalized spacial score (nSPS) is 10.6. The molecule has 0 heterocycles. The quantitative estimate of drug-likeness (QED) is 0.593. The molecule has 0 radical (unpaired) electrons. The first-order valence-corrected chi connectivity index (χ1v) is 4.74. The van der Waals surface area contributed by atoms with E-state index < -0.39 is 11.4 Å². The van der Waals surface area contributed by atoms with Crippen molar-refractivity contribution in [3.63, 3.8) is 0 Å². The molecule has 1 rings (SSSR count). The summed E-state index contributed by atoms with van der Waals surface area (Å²) in [4.78, 5) is 43.7. The largest absolute Gasteiger partial charge is 0.478 e. The third kappa shape index (κ3) is 2.13. The molecule has 0 aliphatic rings. The van der Waals surface area contributed by atoms with Gasteiger partial charge in [0.2, 0.25) is 0 Å². The molecule has 0 atom stereocenters. The molecule has 1 N–H and O–H groups in total. The van der Waals surface area contributed by atoms with Gasteiger partial charge in [-0.05, 0) is 18.6 Å². The van der Waals surface area contributed by atoms with E-state index in [-0.39, 0.29) is 30.0 Å². The van der Waals surface area contributed by atoms with Crippen LogP contribution in [0, 0.1) is 6.92 Å². The molecule has 0 amide bonds. The van der Waals surface area contributed by atoms with Crippen LogP contribution in [0.2, 0.25) is 0 Å². The zero-order valence-electron chi connectivity index (χ0n) is 9.04. The first-order valence-electron chi connectivity index (χ1n) is 4.74. The van der Waals surface area contributed by atoms with Crippen LogP contribution in [0.25, 0.3) is 0 Å². The summed E-state index contributed by atoms with van der Waals surface area (Å²) in [6.45, 7) is 1.67. The molecule has 0 saturated heterocycles. The molecule has 88 valence electrons. The van der Waals surface area contributed by atoms with E-state index in [9.17, 15) is 19.2 Å². The zero-order valence-corrected chi connectivity index (χ0v) is 9.04. The molecule has 0 unspecified atom stereocenters. The van der Waals surface area contributed by atoms with Crippen LogP contribution in [-0.4, -0.2) is 29.9 Å². The number of carboxylic acid groups (broad SMARTS) is 1. The number of benzene rings is 1. The first-order chi connectivity index (χ1) is 8.00. The van der Waals surface area contributed by atoms with Crippen molar-refractivity contribution in [2.75, 3.05) is 0 Å². The molecule has 0 spiro atoms. The van der Waals surface area contributed by atoms with Gasteiger partial charge in [0.25, 0.3) is 0 Å². The van der Waals surface area contributed by atoms with E-state index in [4.69, 9.17) is 5.11 Å². The fourth-order valence-corrected chi connectivity index (χ4v) is 1.49. The summed E-state index contributed by atoms with van der Waals surface area (Å²) in [6.07, 6.45) is 0.429. The number of hydrogen-bond donors (Lipinski definition) is 1. The average molecular weight is 234 g/mol. The molecule has 0 fully saturated rings. The van der Waals surface area contributed by atoms with Crippen LogP contribution in [0.15, 0.2) is 18.2 Å². The third-order valence-electron chi connectivity index (χ3n) is 2.46. The second-order valence-corrected chi connectivity index (χ2v) is 3.64. The van der Waals surface area contributed by atoms with Gasteiger partial charge in [-0.1, -0.05) is 17.7 Å². The maximum atomic E-state index is 11.0. The van der Waals surface area contributed by atoms with Crippen LogP contribution >= 0.6 is 0 Å². The van der Waals surface area contributed by atoms with Gasteiger partial charge < -0.3 is 19.5 Å². The summed E-state index contributed by atoms with van der Waals surface area (Å²) in [5.74, 6) is -1.29. The molecular formula is C12H10O5. The third-order valence-corrected chi connectivity index (χ3v) is 2.46. The van der Waals surface area contributed by atoms with Crippen LogP contribution in [0.5, 0.6) is 0 Å². The lowest BCUT2D eigenvalue weighted by atomic mass is 9.81. The molecule has 5 heteroatoms. The maximum Gasteiger partial charge on any atom is 0.336 e. The molecule has 1 aromatic carbocycles. The minimum atomic E-state index is -2.04. The van der Waals surface area contributed by atoms with Crippen molar-refractivity contribution in [3.8, 4) is 0 Å². The highest BCUT2D eigenvalue weighted by molar-refractivity contribution is 6.11. The molecule has 1 aromatic rings. The van der Waals surface area contributed by atoms with Crippen molar-refractivity contribution < 1.29 is 24.3 Å². The van der Waals surface area contributed by atoms with Crippen molar-refractivity contribution in [1.29, 1.82) is 0 Å². The van der Waals surface area contributed by atoms with Gasteiger partial charge in [-0.25, -0.2) is 4.79 Å². The van der Waals surface area contributed by atoms with Gasteiger partial charge in [-0.3, -0.25) is 0 Å². The molecule has 0 saturated carbocycles. The summed E-state index contributed by atoms with van der Waals surface area (Å²) in [5, 5.41) is 8.99. The van der Waals surface area contributed by atoms with Crippen molar-refractivity contribution in [3.05, 3.63) is 34.9 Å². The summed E-state index contributed by atoms with van der Waals surface area (Å²) in [6, 6.07) is 4.14. The van der Waals surface area contributed by atoms with Crippen LogP contribution in [0.4, 0.5) is 0 Å². The van der Waals surface area contributed by atoms with Crippen LogP contribution in [0.3, 0.4) is 0 Å². The molecule has 0 aromatic heterocycles. The predicted molar refractivity (Wildman–Crippen MR) is 58.0 cm³/mol. The number of rotatable bonds is 5. The number of aromatic carboxylic acids is 1. The summed E-state index contributed by atoms with van der Waals surface area (Å²) < 4.78 is 0. The Hall–Kier alpha value is -2.30. The molecule has 5 nitrogen and oxygen atoms in total. The topological polar surface area (TPSA) is 88.5 Å². The lowest BCUT2D eigenvalue weighted by Gasteiger charge is -2.17. The Morgan fingerprint density at radius 2 is 1.71 bits per heavy atom. The number of carbonyl (C=O) groups is 4. The molecule has 0 aliphatic heterocycles. The fourth-order valence-electron chi connectivity index (χ4n) is 1.49. The lowest BCUT2D eigenvalue weighted by molar-refractivity contribution is -0.127. The van der Waals surface area contributed by atoms with Crippen molar-refractivity contribution >= 4 is 24.8 Å². The Kier molecular flexibility index (Phi) is 3.52. The second kappa shape index (κ2) is 4.69. The van der Waals surface area contributed by atoms with E-state index in [2.05, 4.69) is 0 Å². The minimum Gasteiger partial charge on any atom is -0.478 e. The number of carboxylic acids is 1. The smallest absolute Gasteiger partial charge is 0.336 e. The minimum absolute atomic E-state index is 0.115. The molecule has 0 aliphatic carbocycles. The Morgan fingerprint density at radius 1 is 1.18 bits per heavy atom. The summed E-state index contributed by atoms with van der Waals surface area (Å²) in [5.41, 5.74) is -1.73. The number of aldehydes is 3. The van der Waals surface area contributed by atoms with Gasteiger partial charge in [0.15, 0.2) is 5.41 Å². The lowest BCUT2D eigenvalue weighted by Crippen LogP contribution is -2.33. The van der Waals surface area contributed by atoms with Crippen molar-refractivity contribution in [1.82, 2.24) is 0 Å². The van der Waals surface area contributed by atoms with E-state index in [0.29, 0.717) is 5.56 Å². The zero-order chi connectivity index (χ0) is 13.1. The molecule has 17 heavy (non-hydrogen) atoms. The van der Waals surface area contributed by atoms with Crippen LogP contribution in [-0.2, 0) is 19.8 Å². The predicted octanol–water partition coefficient (Wildman–Crippen LogP) is 0.528. The van der Waals surface area contributed by atoms with E-state index in [1.165, 1.54) is 18.2 Å². The van der Waals surface area contributed by atoms with Crippen molar-refractivity contribution in [2.45, 2.75) is 12.3 Å². The van der Waals surface area contributed by atoms with Gasteiger partial charge in [-0.2, -0.15) is 0 Å². The Labute approximate surface area is 97.1 Å². The van der Waals surface area contributed by atoms with Gasteiger partial charge in [0.1, 0.15) is 18.9 Å². The average Bonchev–Trinajstić information content (AvgIpc) is 2.33. The summed E-state index contributed by atoms with van der Waals surface area (Å²) >= 11 is 0. The standard InChI is InChI=1S/C12H10O5/c1-8-2-3-10(9(4-8)11(16)17)12(5-13,6-14)7-15/h2-7H,1H3,(H,16,17). The maximum absolute atomic E-state index is 11.0. The number of carbonyl (C=O) groups excluding carboxylic acids is 3. The van der Waals surface area contributed by atoms with E-state index in [0.717, 1.165) is 0 Å². The highest BCUT2D eigenvalue weighted by Gasteiger charge is 2.35.